The second kappa shape index (κ2) is 17.5. The molecule has 0 amide bonds. The summed E-state index contributed by atoms with van der Waals surface area (Å²) in [6.45, 7) is 3.96. The maximum atomic E-state index is 9.99. The predicted octanol–water partition coefficient (Wildman–Crippen LogP) is 5.51. The Balaban J connectivity index is 0.000000369. The Morgan fingerprint density at radius 2 is 1.00 bits per heavy atom. The maximum absolute atomic E-state index is 9.99. The van der Waals surface area contributed by atoms with Crippen LogP contribution in [0.1, 0.15) is 35.1 Å². The Morgan fingerprint density at radius 1 is 0.655 bits per heavy atom. The van der Waals surface area contributed by atoms with Crippen LogP contribution in [-0.2, 0) is 31.3 Å². The molecular weight excluding hydrogens is 392 g/mol. The van der Waals surface area contributed by atoms with E-state index in [1.807, 2.05) is 62.4 Å². The molecule has 0 aromatic heterocycles. The van der Waals surface area contributed by atoms with Gasteiger partial charge in [-0.05, 0) is 13.8 Å². The third-order valence-corrected chi connectivity index (χ3v) is 3.51. The van der Waals surface area contributed by atoms with Gasteiger partial charge in [-0.3, -0.25) is 12.2 Å². The van der Waals surface area contributed by atoms with Gasteiger partial charge in [-0.2, -0.15) is 47.5 Å². The minimum absolute atomic E-state index is 0. The van der Waals surface area contributed by atoms with Crippen molar-refractivity contribution >= 4 is 12.6 Å². The van der Waals surface area contributed by atoms with Crippen LogP contribution in [0.25, 0.3) is 0 Å². The molecule has 0 aliphatic heterocycles. The zero-order valence-electron chi connectivity index (χ0n) is 16.8. The van der Waals surface area contributed by atoms with E-state index in [4.69, 9.17) is 0 Å². The molecule has 0 saturated heterocycles. The molecule has 0 N–H and O–H groups in total. The van der Waals surface area contributed by atoms with Crippen molar-refractivity contribution in [3.8, 4) is 0 Å². The number of hydrogen-bond donors (Lipinski definition) is 0. The number of rotatable bonds is 2. The molecule has 0 radical (unpaired) electrons. The molecule has 0 saturated carbocycles. The molecule has 0 bridgehead atoms. The Kier molecular flexibility index (Phi) is 16.0. The van der Waals surface area contributed by atoms with Crippen LogP contribution in [0.3, 0.4) is 0 Å². The zero-order chi connectivity index (χ0) is 20.5. The fourth-order valence-electron chi connectivity index (χ4n) is 1.92. The van der Waals surface area contributed by atoms with Crippen LogP contribution in [0, 0.1) is 26.0 Å². The van der Waals surface area contributed by atoms with Gasteiger partial charge in [0, 0.05) is 0 Å². The molecule has 0 unspecified atom stereocenters. The van der Waals surface area contributed by atoms with Crippen molar-refractivity contribution in [1.29, 1.82) is 0 Å². The van der Waals surface area contributed by atoms with Crippen molar-refractivity contribution in [1.82, 2.24) is 0 Å². The number of aryl methyl sites for hydroxylation is 2. The van der Waals surface area contributed by atoms with Gasteiger partial charge in [0.2, 0.25) is 0 Å². The van der Waals surface area contributed by atoms with Crippen LogP contribution in [0.5, 0.6) is 0 Å². The van der Waals surface area contributed by atoms with E-state index in [0.717, 1.165) is 24.0 Å². The first-order valence-electron chi connectivity index (χ1n) is 8.99. The van der Waals surface area contributed by atoms with Crippen molar-refractivity contribution < 1.29 is 31.3 Å². The summed E-state index contributed by atoms with van der Waals surface area (Å²) in [7, 11) is 0. The summed E-state index contributed by atoms with van der Waals surface area (Å²) in [6, 6.07) is 14.6. The summed E-state index contributed by atoms with van der Waals surface area (Å²) >= 11 is 0. The normalized spacial score (nSPS) is 11.7. The van der Waals surface area contributed by atoms with Crippen LogP contribution in [0.2, 0.25) is 0 Å². The fraction of sp³-hybridized carbons (Fsp3) is 0.154. The largest absolute Gasteiger partial charge is 4.00 e. The summed E-state index contributed by atoms with van der Waals surface area (Å²) in [5, 5.41) is 0. The Labute approximate surface area is 189 Å². The summed E-state index contributed by atoms with van der Waals surface area (Å²) in [5.74, 6) is 0. The van der Waals surface area contributed by atoms with Crippen molar-refractivity contribution in [2.45, 2.75) is 26.7 Å². The summed E-state index contributed by atoms with van der Waals surface area (Å²) in [4.78, 5) is 20.0. The van der Waals surface area contributed by atoms with E-state index < -0.39 is 0 Å². The van der Waals surface area contributed by atoms with E-state index in [1.54, 1.807) is 36.8 Å². The fourth-order valence-corrected chi connectivity index (χ4v) is 1.92. The van der Waals surface area contributed by atoms with Gasteiger partial charge in [0.25, 0.3) is 0 Å². The standard InChI is InChI=1S/2C8H7O.2C5H5.Ti/c2*1-7-2-4-8(6-9)5-3-7;2*1-2-4-5-3-1;/h2*2-5H,1H3;2*1-3H,4H2;/q4*-1;+4. The molecule has 144 valence electrons. The summed E-state index contributed by atoms with van der Waals surface area (Å²) in [5.41, 5.74) is 3.55. The van der Waals surface area contributed by atoms with E-state index in [0.29, 0.717) is 11.1 Å². The second-order valence-corrected chi connectivity index (χ2v) is 5.94. The van der Waals surface area contributed by atoms with Crippen LogP contribution in [0.4, 0.5) is 0 Å². The van der Waals surface area contributed by atoms with E-state index >= 15 is 0 Å². The van der Waals surface area contributed by atoms with Gasteiger partial charge in [0.15, 0.2) is 0 Å². The molecular formula is C26H24O2Ti. The second-order valence-electron chi connectivity index (χ2n) is 5.94. The molecule has 3 heteroatoms. The molecule has 29 heavy (non-hydrogen) atoms. The third-order valence-electron chi connectivity index (χ3n) is 3.51. The molecule has 4 rings (SSSR count). The SMILES string of the molecule is Cc1ccc([C-]=O)cc1.Cc1ccc([C-]=O)cc1.[C-]1=CC=CC1.[C-]1=CC=CC1.[Ti+4]. The molecule has 0 spiro atoms. The van der Waals surface area contributed by atoms with E-state index in [-0.39, 0.29) is 21.7 Å². The summed E-state index contributed by atoms with van der Waals surface area (Å²) < 4.78 is 0. The molecule has 2 nitrogen and oxygen atoms in total. The number of hydrogen-bond acceptors (Lipinski definition) is 2. The Morgan fingerprint density at radius 3 is 1.17 bits per heavy atom. The maximum Gasteiger partial charge on any atom is 4.00 e. The Bertz CT molecular complexity index is 719. The first-order valence-corrected chi connectivity index (χ1v) is 8.99. The molecule has 0 fully saturated rings. The van der Waals surface area contributed by atoms with Gasteiger partial charge < -0.3 is 9.59 Å². The van der Waals surface area contributed by atoms with Gasteiger partial charge in [-0.25, -0.2) is 24.3 Å². The van der Waals surface area contributed by atoms with Gasteiger partial charge in [-0.1, -0.05) is 11.1 Å². The van der Waals surface area contributed by atoms with Gasteiger partial charge in [0.05, 0.1) is 12.6 Å². The molecule has 2 aliphatic rings. The number of allylic oxidation sites excluding steroid dienone is 8. The topological polar surface area (TPSA) is 34.1 Å². The number of carbonyl (C=O) groups excluding carboxylic acids is 2. The summed E-state index contributed by atoms with van der Waals surface area (Å²) in [6.07, 6.45) is 23.6. The van der Waals surface area contributed by atoms with Crippen LogP contribution < -0.4 is 0 Å². The first-order chi connectivity index (χ1) is 13.7. The van der Waals surface area contributed by atoms with Crippen LogP contribution >= 0.6 is 0 Å². The predicted molar refractivity (Wildman–Crippen MR) is 115 cm³/mol. The zero-order valence-corrected chi connectivity index (χ0v) is 18.4. The monoisotopic (exact) mass is 416 g/mol. The average Bonchev–Trinajstić information content (AvgIpc) is 3.48. The van der Waals surface area contributed by atoms with Gasteiger partial charge >= 0.3 is 21.7 Å². The van der Waals surface area contributed by atoms with Gasteiger partial charge in [-0.15, -0.1) is 37.1 Å². The minimum Gasteiger partial charge on any atom is -0.376 e. The van der Waals surface area contributed by atoms with Crippen molar-refractivity contribution in [3.63, 3.8) is 0 Å². The van der Waals surface area contributed by atoms with Gasteiger partial charge in [0.1, 0.15) is 0 Å². The molecule has 0 heterocycles. The van der Waals surface area contributed by atoms with E-state index in [2.05, 4.69) is 24.3 Å². The third kappa shape index (κ3) is 14.2. The number of benzene rings is 2. The molecule has 2 aromatic carbocycles. The average molecular weight is 416 g/mol. The molecule has 0 atom stereocenters. The first kappa shape index (κ1) is 26.5. The smallest absolute Gasteiger partial charge is 0.376 e. The van der Waals surface area contributed by atoms with Crippen molar-refractivity contribution in [2.75, 3.05) is 0 Å². The van der Waals surface area contributed by atoms with Crippen molar-refractivity contribution in [2.24, 2.45) is 0 Å². The van der Waals surface area contributed by atoms with E-state index in [1.165, 1.54) is 0 Å². The van der Waals surface area contributed by atoms with E-state index in [9.17, 15) is 9.59 Å². The quantitative estimate of drug-likeness (QED) is 0.478. The minimum atomic E-state index is 0. The van der Waals surface area contributed by atoms with Crippen LogP contribution in [-0.4, -0.2) is 12.6 Å². The Hall–Kier alpha value is -2.55. The van der Waals surface area contributed by atoms with Crippen molar-refractivity contribution in [3.05, 3.63) is 119 Å². The van der Waals surface area contributed by atoms with Crippen LogP contribution in [0.15, 0.2) is 85.0 Å². The molecule has 2 aliphatic carbocycles. The molecule has 2 aromatic rings.